The van der Waals surface area contributed by atoms with Crippen LogP contribution in [0.2, 0.25) is 0 Å². The molecule has 0 N–H and O–H groups in total. The summed E-state index contributed by atoms with van der Waals surface area (Å²) in [5, 5.41) is 6.57. The minimum atomic E-state index is -4.66. The van der Waals surface area contributed by atoms with E-state index in [9.17, 15) is 17.2 Å². The third kappa shape index (κ3) is 4.54. The highest BCUT2D eigenvalue weighted by molar-refractivity contribution is 7.91. The molecule has 33 heavy (non-hydrogen) atoms. The van der Waals surface area contributed by atoms with E-state index in [-0.39, 0.29) is 6.04 Å². The van der Waals surface area contributed by atoms with E-state index in [4.69, 9.17) is 14.6 Å². The van der Waals surface area contributed by atoms with E-state index < -0.39 is 20.5 Å². The lowest BCUT2D eigenvalue weighted by Crippen LogP contribution is -2.19. The number of nitrogens with zero attached hydrogens (tertiary/aromatic N) is 2. The van der Waals surface area contributed by atoms with Crippen LogP contribution in [0.25, 0.3) is 0 Å². The van der Waals surface area contributed by atoms with Crippen LogP contribution in [0.4, 0.5) is 14.5 Å². The molecule has 0 aliphatic carbocycles. The zero-order valence-electron chi connectivity index (χ0n) is 18.0. The average Bonchev–Trinajstić information content (AvgIpc) is 3.29. The molecule has 1 aliphatic rings. The Morgan fingerprint density at radius 2 is 1.42 bits per heavy atom. The molecule has 3 aromatic carbocycles. The predicted molar refractivity (Wildman–Crippen MR) is 122 cm³/mol. The summed E-state index contributed by atoms with van der Waals surface area (Å²) in [5.74, 6) is -2.01. The number of hydrazone groups is 1. The van der Waals surface area contributed by atoms with Crippen molar-refractivity contribution in [3.05, 3.63) is 83.9 Å². The lowest BCUT2D eigenvalue weighted by Gasteiger charge is -2.24. The Morgan fingerprint density at radius 1 is 0.879 bits per heavy atom. The van der Waals surface area contributed by atoms with Crippen LogP contribution in [0.1, 0.15) is 23.6 Å². The summed E-state index contributed by atoms with van der Waals surface area (Å²) in [6.45, 7) is 0. The first-order chi connectivity index (χ1) is 15.8. The first kappa shape index (κ1) is 22.7. The van der Waals surface area contributed by atoms with Crippen LogP contribution >= 0.6 is 0 Å². The number of methoxy groups -OCH3 is 2. The van der Waals surface area contributed by atoms with Gasteiger partial charge in [0, 0.05) is 6.42 Å². The van der Waals surface area contributed by atoms with Crippen molar-refractivity contribution in [3.63, 3.8) is 0 Å². The maximum Gasteiger partial charge on any atom is 0.341 e. The molecule has 6 nitrogen and oxygen atoms in total. The molecule has 0 spiro atoms. The normalized spacial score (nSPS) is 16.1. The van der Waals surface area contributed by atoms with E-state index in [1.54, 1.807) is 19.2 Å². The Bertz CT molecular complexity index is 1240. The standard InChI is InChI=1S/C24H22F2N2O4S/c1-31-19-9-3-16(4-10-19)22-15-23(17-5-11-20(32-2)12-6-17)28(27-22)18-7-13-21(14-8-18)33(29,30)24(25)26/h3-14,23-24H,15H2,1-2H3/t23-/m1/s1. The summed E-state index contributed by atoms with van der Waals surface area (Å²) < 4.78 is 59.8. The van der Waals surface area contributed by atoms with Gasteiger partial charge in [0.1, 0.15) is 11.5 Å². The molecule has 3 aromatic rings. The third-order valence-corrected chi connectivity index (χ3v) is 6.90. The number of hydrogen-bond donors (Lipinski definition) is 0. The number of anilines is 1. The fourth-order valence-electron chi connectivity index (χ4n) is 3.68. The van der Waals surface area contributed by atoms with Gasteiger partial charge in [0.15, 0.2) is 0 Å². The second-order valence-corrected chi connectivity index (χ2v) is 9.33. The highest BCUT2D eigenvalue weighted by Gasteiger charge is 2.31. The van der Waals surface area contributed by atoms with Crippen LogP contribution in [0.15, 0.2) is 82.8 Å². The van der Waals surface area contributed by atoms with Crippen molar-refractivity contribution in [3.8, 4) is 11.5 Å². The number of alkyl halides is 2. The lowest BCUT2D eigenvalue weighted by atomic mass is 9.98. The topological polar surface area (TPSA) is 68.2 Å². The average molecular weight is 473 g/mol. The van der Waals surface area contributed by atoms with Gasteiger partial charge in [-0.3, -0.25) is 5.01 Å². The quantitative estimate of drug-likeness (QED) is 0.481. The van der Waals surface area contributed by atoms with E-state index in [1.165, 1.54) is 24.3 Å². The molecule has 4 rings (SSSR count). The number of halogens is 2. The van der Waals surface area contributed by atoms with Gasteiger partial charge in [-0.15, -0.1) is 0 Å². The fraction of sp³-hybridized carbons (Fsp3) is 0.208. The summed E-state index contributed by atoms with van der Waals surface area (Å²) in [7, 11) is -1.47. The van der Waals surface area contributed by atoms with Crippen LogP contribution in [0.5, 0.6) is 11.5 Å². The van der Waals surface area contributed by atoms with Gasteiger partial charge in [-0.2, -0.15) is 13.9 Å². The minimum absolute atomic E-state index is 0.175. The van der Waals surface area contributed by atoms with Gasteiger partial charge in [0.05, 0.1) is 36.6 Å². The molecule has 0 radical (unpaired) electrons. The molecule has 0 amide bonds. The zero-order valence-corrected chi connectivity index (χ0v) is 18.8. The molecule has 0 unspecified atom stereocenters. The number of rotatable bonds is 7. The number of benzene rings is 3. The van der Waals surface area contributed by atoms with Gasteiger partial charge in [-0.05, 0) is 71.8 Å². The van der Waals surface area contributed by atoms with Crippen molar-refractivity contribution in [2.75, 3.05) is 19.2 Å². The van der Waals surface area contributed by atoms with E-state index in [1.807, 2.05) is 48.5 Å². The molecule has 0 aromatic heterocycles. The fourth-order valence-corrected chi connectivity index (χ4v) is 4.40. The van der Waals surface area contributed by atoms with Crippen LogP contribution in [-0.2, 0) is 9.84 Å². The molecule has 172 valence electrons. The number of hydrogen-bond acceptors (Lipinski definition) is 6. The SMILES string of the molecule is COc1ccc(C2=NN(c3ccc(S(=O)(=O)C(F)F)cc3)[C@@H](c3ccc(OC)cc3)C2)cc1. The maximum atomic E-state index is 12.9. The smallest absolute Gasteiger partial charge is 0.341 e. The van der Waals surface area contributed by atoms with Crippen molar-refractivity contribution in [2.45, 2.75) is 23.1 Å². The molecule has 1 aliphatic heterocycles. The number of ether oxygens (including phenoxy) is 2. The molecule has 0 saturated heterocycles. The summed E-state index contributed by atoms with van der Waals surface area (Å²) in [4.78, 5) is -0.430. The van der Waals surface area contributed by atoms with Crippen molar-refractivity contribution in [1.82, 2.24) is 0 Å². The first-order valence-corrected chi connectivity index (χ1v) is 11.7. The first-order valence-electron chi connectivity index (χ1n) is 10.1. The number of sulfone groups is 1. The van der Waals surface area contributed by atoms with E-state index in [0.29, 0.717) is 12.1 Å². The molecule has 1 atom stereocenters. The molecular formula is C24H22F2N2O4S. The maximum absolute atomic E-state index is 12.9. The van der Waals surface area contributed by atoms with Gasteiger partial charge in [-0.1, -0.05) is 12.1 Å². The molecule has 0 saturated carbocycles. The van der Waals surface area contributed by atoms with Crippen molar-refractivity contribution < 1.29 is 26.7 Å². The van der Waals surface area contributed by atoms with Crippen molar-refractivity contribution in [1.29, 1.82) is 0 Å². The van der Waals surface area contributed by atoms with Crippen molar-refractivity contribution in [2.24, 2.45) is 5.10 Å². The zero-order chi connectivity index (χ0) is 23.6. The Morgan fingerprint density at radius 3 is 1.94 bits per heavy atom. The summed E-state index contributed by atoms with van der Waals surface area (Å²) in [5.41, 5.74) is 3.33. The van der Waals surface area contributed by atoms with Gasteiger partial charge in [0.25, 0.3) is 0 Å². The van der Waals surface area contributed by atoms with E-state index >= 15 is 0 Å². The Hall–Kier alpha value is -3.46. The largest absolute Gasteiger partial charge is 0.497 e. The van der Waals surface area contributed by atoms with Gasteiger partial charge in [0.2, 0.25) is 9.84 Å². The lowest BCUT2D eigenvalue weighted by molar-refractivity contribution is 0.234. The van der Waals surface area contributed by atoms with Crippen molar-refractivity contribution >= 4 is 21.2 Å². The summed E-state index contributed by atoms with van der Waals surface area (Å²) >= 11 is 0. The second kappa shape index (κ2) is 9.19. The van der Waals surface area contributed by atoms with E-state index in [2.05, 4.69) is 0 Å². The molecule has 9 heteroatoms. The Kier molecular flexibility index (Phi) is 6.33. The van der Waals surface area contributed by atoms with Gasteiger partial charge >= 0.3 is 5.76 Å². The predicted octanol–water partition coefficient (Wildman–Crippen LogP) is 5.06. The second-order valence-electron chi connectivity index (χ2n) is 7.41. The highest BCUT2D eigenvalue weighted by atomic mass is 32.2. The van der Waals surface area contributed by atoms with Crippen LogP contribution in [-0.4, -0.2) is 34.1 Å². The monoisotopic (exact) mass is 472 g/mol. The van der Waals surface area contributed by atoms with Crippen LogP contribution in [0.3, 0.4) is 0 Å². The van der Waals surface area contributed by atoms with Crippen LogP contribution in [0, 0.1) is 0 Å². The minimum Gasteiger partial charge on any atom is -0.497 e. The molecule has 0 bridgehead atoms. The molecule has 0 fully saturated rings. The van der Waals surface area contributed by atoms with Crippen LogP contribution < -0.4 is 14.5 Å². The Balaban J connectivity index is 1.71. The van der Waals surface area contributed by atoms with Gasteiger partial charge in [-0.25, -0.2) is 8.42 Å². The molecule has 1 heterocycles. The summed E-state index contributed by atoms with van der Waals surface area (Å²) in [6.07, 6.45) is 0.593. The highest BCUT2D eigenvalue weighted by Crippen LogP contribution is 2.38. The van der Waals surface area contributed by atoms with Gasteiger partial charge < -0.3 is 9.47 Å². The Labute approximate surface area is 191 Å². The molecular weight excluding hydrogens is 450 g/mol. The summed E-state index contributed by atoms with van der Waals surface area (Å²) in [6, 6.07) is 20.3. The van der Waals surface area contributed by atoms with E-state index in [0.717, 1.165) is 28.3 Å². The third-order valence-electron chi connectivity index (χ3n) is 5.50.